The third-order valence-electron chi connectivity index (χ3n) is 2.41. The summed E-state index contributed by atoms with van der Waals surface area (Å²) in [5.74, 6) is -0.509. The molecule has 4 heteroatoms. The van der Waals surface area contributed by atoms with Crippen molar-refractivity contribution in [1.82, 2.24) is 0 Å². The highest BCUT2D eigenvalue weighted by molar-refractivity contribution is 9.10. The van der Waals surface area contributed by atoms with Gasteiger partial charge in [-0.25, -0.2) is 4.79 Å². The predicted octanol–water partition coefficient (Wildman–Crippen LogP) is 3.65. The van der Waals surface area contributed by atoms with Gasteiger partial charge in [-0.3, -0.25) is 0 Å². The number of hydrogen-bond donors (Lipinski definition) is 1. The average molecular weight is 307 g/mol. The van der Waals surface area contributed by atoms with Gasteiger partial charge in [0.25, 0.3) is 0 Å². The van der Waals surface area contributed by atoms with E-state index in [0.717, 1.165) is 4.47 Å². The lowest BCUT2D eigenvalue weighted by Crippen LogP contribution is -2.18. The van der Waals surface area contributed by atoms with Gasteiger partial charge in [0.15, 0.2) is 0 Å². The largest absolute Gasteiger partial charge is 0.478 e. The van der Waals surface area contributed by atoms with Gasteiger partial charge in [0.1, 0.15) is 5.75 Å². The standard InChI is InChI=1S/C14H11BrO3/c15-11-8-4-5-9-12(11)18-13(14(16)17)10-6-2-1-3-7-10/h1-9,13H,(H,16,17)/t13-/m1/s1. The van der Waals surface area contributed by atoms with Crippen LogP contribution in [0.1, 0.15) is 11.7 Å². The highest BCUT2D eigenvalue weighted by atomic mass is 79.9. The summed E-state index contributed by atoms with van der Waals surface area (Å²) in [6.45, 7) is 0. The Morgan fingerprint density at radius 2 is 1.67 bits per heavy atom. The van der Waals surface area contributed by atoms with Gasteiger partial charge in [-0.1, -0.05) is 42.5 Å². The SMILES string of the molecule is O=C(O)[C@H](Oc1ccccc1Br)c1ccccc1. The van der Waals surface area contributed by atoms with Gasteiger partial charge in [-0.05, 0) is 28.1 Å². The van der Waals surface area contributed by atoms with E-state index in [4.69, 9.17) is 4.74 Å². The van der Waals surface area contributed by atoms with E-state index >= 15 is 0 Å². The molecule has 18 heavy (non-hydrogen) atoms. The van der Waals surface area contributed by atoms with Crippen LogP contribution in [-0.4, -0.2) is 11.1 Å². The van der Waals surface area contributed by atoms with Gasteiger partial charge in [0.05, 0.1) is 4.47 Å². The van der Waals surface area contributed by atoms with Gasteiger partial charge in [-0.15, -0.1) is 0 Å². The Bertz CT molecular complexity index is 540. The van der Waals surface area contributed by atoms with Crippen LogP contribution in [0.2, 0.25) is 0 Å². The van der Waals surface area contributed by atoms with Crippen LogP contribution < -0.4 is 4.74 Å². The number of para-hydroxylation sites is 1. The molecule has 0 heterocycles. The molecular weight excluding hydrogens is 296 g/mol. The van der Waals surface area contributed by atoms with E-state index in [9.17, 15) is 9.90 Å². The van der Waals surface area contributed by atoms with Crippen LogP contribution in [0.3, 0.4) is 0 Å². The Kier molecular flexibility index (Phi) is 3.99. The number of halogens is 1. The lowest BCUT2D eigenvalue weighted by atomic mass is 10.1. The smallest absolute Gasteiger partial charge is 0.349 e. The molecule has 2 aromatic carbocycles. The fourth-order valence-electron chi connectivity index (χ4n) is 1.56. The number of ether oxygens (including phenoxy) is 1. The minimum absolute atomic E-state index is 0.508. The molecule has 0 aliphatic rings. The first-order valence-corrected chi connectivity index (χ1v) is 6.16. The third kappa shape index (κ3) is 2.90. The van der Waals surface area contributed by atoms with Crippen LogP contribution >= 0.6 is 15.9 Å². The van der Waals surface area contributed by atoms with Gasteiger partial charge in [0, 0.05) is 5.56 Å². The molecule has 0 bridgehead atoms. The minimum atomic E-state index is -1.02. The maximum atomic E-state index is 11.3. The van der Waals surface area contributed by atoms with Crippen LogP contribution in [0.4, 0.5) is 0 Å². The van der Waals surface area contributed by atoms with Gasteiger partial charge < -0.3 is 9.84 Å². The van der Waals surface area contributed by atoms with Gasteiger partial charge in [-0.2, -0.15) is 0 Å². The van der Waals surface area contributed by atoms with E-state index in [0.29, 0.717) is 11.3 Å². The molecule has 0 radical (unpaired) electrons. The van der Waals surface area contributed by atoms with Crippen molar-refractivity contribution >= 4 is 21.9 Å². The first-order chi connectivity index (χ1) is 8.68. The van der Waals surface area contributed by atoms with E-state index in [-0.39, 0.29) is 0 Å². The van der Waals surface area contributed by atoms with Crippen LogP contribution in [-0.2, 0) is 4.79 Å². The van der Waals surface area contributed by atoms with Crippen LogP contribution in [0.25, 0.3) is 0 Å². The molecule has 1 N–H and O–H groups in total. The van der Waals surface area contributed by atoms with Crippen molar-refractivity contribution in [3.05, 3.63) is 64.6 Å². The second-order valence-corrected chi connectivity index (χ2v) is 4.53. The molecule has 0 aromatic heterocycles. The topological polar surface area (TPSA) is 46.5 Å². The first kappa shape index (κ1) is 12.6. The fraction of sp³-hybridized carbons (Fsp3) is 0.0714. The Morgan fingerprint density at radius 3 is 2.28 bits per heavy atom. The van der Waals surface area contributed by atoms with E-state index in [1.54, 1.807) is 42.5 Å². The van der Waals surface area contributed by atoms with Gasteiger partial charge >= 0.3 is 5.97 Å². The van der Waals surface area contributed by atoms with E-state index < -0.39 is 12.1 Å². The second kappa shape index (κ2) is 5.69. The predicted molar refractivity (Wildman–Crippen MR) is 71.6 cm³/mol. The lowest BCUT2D eigenvalue weighted by molar-refractivity contribution is -0.145. The number of benzene rings is 2. The summed E-state index contributed by atoms with van der Waals surface area (Å²) in [7, 11) is 0. The zero-order valence-corrected chi connectivity index (χ0v) is 11.0. The monoisotopic (exact) mass is 306 g/mol. The van der Waals surface area contributed by atoms with Gasteiger partial charge in [0.2, 0.25) is 6.10 Å². The molecule has 0 fully saturated rings. The number of carbonyl (C=O) groups is 1. The molecular formula is C14H11BrO3. The quantitative estimate of drug-likeness (QED) is 0.938. The zero-order chi connectivity index (χ0) is 13.0. The summed E-state index contributed by atoms with van der Waals surface area (Å²) in [5, 5.41) is 9.24. The molecule has 0 saturated carbocycles. The number of rotatable bonds is 4. The number of carboxylic acid groups (broad SMARTS) is 1. The molecule has 0 amide bonds. The highest BCUT2D eigenvalue weighted by Gasteiger charge is 2.22. The van der Waals surface area contributed by atoms with Crippen molar-refractivity contribution in [3.8, 4) is 5.75 Å². The highest BCUT2D eigenvalue weighted by Crippen LogP contribution is 2.29. The summed E-state index contributed by atoms with van der Waals surface area (Å²) < 4.78 is 6.28. The third-order valence-corrected chi connectivity index (χ3v) is 3.06. The normalized spacial score (nSPS) is 11.8. The molecule has 2 aromatic rings. The molecule has 0 spiro atoms. The minimum Gasteiger partial charge on any atom is -0.478 e. The lowest BCUT2D eigenvalue weighted by Gasteiger charge is -2.16. The van der Waals surface area contributed by atoms with Crippen molar-refractivity contribution in [2.45, 2.75) is 6.10 Å². The molecule has 0 unspecified atom stereocenters. The van der Waals surface area contributed by atoms with E-state index in [1.807, 2.05) is 12.1 Å². The summed E-state index contributed by atoms with van der Waals surface area (Å²) >= 11 is 3.33. The number of hydrogen-bond acceptors (Lipinski definition) is 2. The maximum absolute atomic E-state index is 11.3. The Hall–Kier alpha value is -1.81. The molecule has 3 nitrogen and oxygen atoms in total. The Morgan fingerprint density at radius 1 is 1.06 bits per heavy atom. The molecule has 2 rings (SSSR count). The van der Waals surface area contributed by atoms with Crippen molar-refractivity contribution in [3.63, 3.8) is 0 Å². The molecule has 0 aliphatic heterocycles. The molecule has 1 atom stereocenters. The second-order valence-electron chi connectivity index (χ2n) is 3.68. The van der Waals surface area contributed by atoms with Crippen LogP contribution in [0.15, 0.2) is 59.1 Å². The molecule has 92 valence electrons. The van der Waals surface area contributed by atoms with Crippen molar-refractivity contribution in [1.29, 1.82) is 0 Å². The summed E-state index contributed by atoms with van der Waals surface area (Å²) in [6.07, 6.45) is -1.01. The van der Waals surface area contributed by atoms with Crippen molar-refractivity contribution in [2.24, 2.45) is 0 Å². The van der Waals surface area contributed by atoms with Crippen molar-refractivity contribution in [2.75, 3.05) is 0 Å². The zero-order valence-electron chi connectivity index (χ0n) is 9.42. The Labute approximate surface area is 113 Å². The number of carboxylic acids is 1. The summed E-state index contributed by atoms with van der Waals surface area (Å²) in [5.41, 5.74) is 0.612. The van der Waals surface area contributed by atoms with Crippen molar-refractivity contribution < 1.29 is 14.6 Å². The van der Waals surface area contributed by atoms with E-state index in [1.165, 1.54) is 0 Å². The summed E-state index contributed by atoms with van der Waals surface area (Å²) in [6, 6.07) is 16.0. The number of aliphatic carboxylic acids is 1. The fourth-order valence-corrected chi connectivity index (χ4v) is 1.93. The molecule has 0 aliphatic carbocycles. The van der Waals surface area contributed by atoms with E-state index in [2.05, 4.69) is 15.9 Å². The van der Waals surface area contributed by atoms with Crippen LogP contribution in [0, 0.1) is 0 Å². The first-order valence-electron chi connectivity index (χ1n) is 5.37. The molecule has 0 saturated heterocycles. The maximum Gasteiger partial charge on any atom is 0.349 e. The van der Waals surface area contributed by atoms with Crippen LogP contribution in [0.5, 0.6) is 5.75 Å². The average Bonchev–Trinajstić information content (AvgIpc) is 2.38. The Balaban J connectivity index is 2.28. The summed E-state index contributed by atoms with van der Waals surface area (Å²) in [4.78, 5) is 11.3.